The van der Waals surface area contributed by atoms with Crippen LogP contribution in [0.4, 0.5) is 10.1 Å². The van der Waals surface area contributed by atoms with E-state index in [-0.39, 0.29) is 27.6 Å². The van der Waals surface area contributed by atoms with E-state index in [0.29, 0.717) is 19.7 Å². The van der Waals surface area contributed by atoms with E-state index >= 15 is 0 Å². The Morgan fingerprint density at radius 2 is 1.74 bits per heavy atom. The number of carbonyl (C=O) groups excluding carboxylic acids is 1. The van der Waals surface area contributed by atoms with Crippen molar-refractivity contribution in [3.05, 3.63) is 47.8 Å². The van der Waals surface area contributed by atoms with Gasteiger partial charge in [-0.05, 0) is 50.1 Å². The number of nitrogens with zero attached hydrogens (tertiary/aromatic N) is 1. The number of amides is 1. The molecule has 3 rings (SSSR count). The minimum absolute atomic E-state index is 0.0261. The largest absolute Gasteiger partial charge is 0.496 e. The molecule has 168 valence electrons. The molecule has 0 atom stereocenters. The lowest BCUT2D eigenvalue weighted by atomic mass is 10.1. The highest BCUT2D eigenvalue weighted by Crippen LogP contribution is 2.28. The average Bonchev–Trinajstić information content (AvgIpc) is 3.05. The fourth-order valence-electron chi connectivity index (χ4n) is 3.51. The van der Waals surface area contributed by atoms with E-state index < -0.39 is 21.7 Å². The summed E-state index contributed by atoms with van der Waals surface area (Å²) in [4.78, 5) is 12.9. The van der Waals surface area contributed by atoms with Crippen molar-refractivity contribution in [2.24, 2.45) is 0 Å². The number of sulfonamides is 1. The number of anilines is 1. The van der Waals surface area contributed by atoms with Crippen LogP contribution in [0.15, 0.2) is 41.3 Å². The van der Waals surface area contributed by atoms with Crippen LogP contribution >= 0.6 is 0 Å². The van der Waals surface area contributed by atoms with E-state index in [2.05, 4.69) is 5.32 Å². The van der Waals surface area contributed by atoms with Crippen LogP contribution < -0.4 is 14.8 Å². The van der Waals surface area contributed by atoms with Crippen LogP contribution in [0.5, 0.6) is 11.5 Å². The molecule has 0 spiro atoms. The van der Waals surface area contributed by atoms with E-state index in [1.165, 1.54) is 41.7 Å². The van der Waals surface area contributed by atoms with Gasteiger partial charge < -0.3 is 14.8 Å². The molecule has 1 fully saturated rings. The molecule has 1 saturated heterocycles. The van der Waals surface area contributed by atoms with Gasteiger partial charge in [-0.2, -0.15) is 4.31 Å². The first-order chi connectivity index (χ1) is 14.9. The van der Waals surface area contributed by atoms with Gasteiger partial charge in [0.15, 0.2) is 11.6 Å². The maximum absolute atomic E-state index is 14.1. The summed E-state index contributed by atoms with van der Waals surface area (Å²) in [6.07, 6.45) is 3.62. The quantitative estimate of drug-likeness (QED) is 0.688. The van der Waals surface area contributed by atoms with Gasteiger partial charge in [-0.25, -0.2) is 12.8 Å². The molecule has 0 bridgehead atoms. The molecular weight excluding hydrogens is 423 g/mol. The minimum Gasteiger partial charge on any atom is -0.496 e. The molecule has 31 heavy (non-hydrogen) atoms. The maximum atomic E-state index is 14.1. The summed E-state index contributed by atoms with van der Waals surface area (Å²) in [5.74, 6) is -0.903. The summed E-state index contributed by atoms with van der Waals surface area (Å²) >= 11 is 0. The predicted octanol–water partition coefficient (Wildman–Crippen LogP) is 4.05. The van der Waals surface area contributed by atoms with Crippen molar-refractivity contribution in [1.29, 1.82) is 0 Å². The Hall–Kier alpha value is -2.65. The standard InChI is InChI=1S/C22H27FN2O5S/c1-3-30-21-10-8-16(14-19(21)23)24-22(26)18-15-17(9-11-20(18)29-2)31(27,28)25-12-6-4-5-7-13-25/h8-11,14-15H,3-7,12-13H2,1-2H3,(H,24,26). The summed E-state index contributed by atoms with van der Waals surface area (Å²) in [7, 11) is -2.34. The van der Waals surface area contributed by atoms with Gasteiger partial charge in [-0.3, -0.25) is 4.79 Å². The number of nitrogens with one attached hydrogen (secondary N) is 1. The molecule has 1 aliphatic rings. The van der Waals surface area contributed by atoms with E-state index in [9.17, 15) is 17.6 Å². The molecule has 2 aromatic rings. The van der Waals surface area contributed by atoms with Crippen LogP contribution in [-0.2, 0) is 10.0 Å². The van der Waals surface area contributed by atoms with Crippen molar-refractivity contribution in [1.82, 2.24) is 4.31 Å². The first kappa shape index (κ1) is 23.0. The molecule has 9 heteroatoms. The predicted molar refractivity (Wildman–Crippen MR) is 116 cm³/mol. The average molecular weight is 451 g/mol. The zero-order valence-corrected chi connectivity index (χ0v) is 18.5. The molecule has 0 aromatic heterocycles. The number of hydrogen-bond donors (Lipinski definition) is 1. The number of ether oxygens (including phenoxy) is 2. The van der Waals surface area contributed by atoms with Gasteiger partial charge in [-0.1, -0.05) is 12.8 Å². The number of rotatable bonds is 7. The third kappa shape index (κ3) is 5.34. The Labute approximate surface area is 182 Å². The highest BCUT2D eigenvalue weighted by atomic mass is 32.2. The second-order valence-electron chi connectivity index (χ2n) is 7.21. The van der Waals surface area contributed by atoms with E-state index in [1.54, 1.807) is 6.92 Å². The third-order valence-electron chi connectivity index (χ3n) is 5.11. The summed E-state index contributed by atoms with van der Waals surface area (Å²) in [5, 5.41) is 2.59. The van der Waals surface area contributed by atoms with Crippen LogP contribution in [0.3, 0.4) is 0 Å². The summed E-state index contributed by atoms with van der Waals surface area (Å²) in [6, 6.07) is 8.28. The van der Waals surface area contributed by atoms with Gasteiger partial charge in [0.25, 0.3) is 5.91 Å². The van der Waals surface area contributed by atoms with Crippen molar-refractivity contribution in [3.8, 4) is 11.5 Å². The molecular formula is C22H27FN2O5S. The summed E-state index contributed by atoms with van der Waals surface area (Å²) in [6.45, 7) is 2.98. The van der Waals surface area contributed by atoms with Gasteiger partial charge >= 0.3 is 0 Å². The van der Waals surface area contributed by atoms with E-state index in [1.807, 2.05) is 0 Å². The SMILES string of the molecule is CCOc1ccc(NC(=O)c2cc(S(=O)(=O)N3CCCCCC3)ccc2OC)cc1F. The van der Waals surface area contributed by atoms with Crippen LogP contribution in [0.1, 0.15) is 43.0 Å². The van der Waals surface area contributed by atoms with Gasteiger partial charge in [-0.15, -0.1) is 0 Å². The second kappa shape index (κ2) is 10.1. The smallest absolute Gasteiger partial charge is 0.259 e. The molecule has 0 unspecified atom stereocenters. The first-order valence-electron chi connectivity index (χ1n) is 10.3. The lowest BCUT2D eigenvalue weighted by molar-refractivity contribution is 0.102. The number of benzene rings is 2. The Morgan fingerprint density at radius 1 is 1.06 bits per heavy atom. The molecule has 2 aromatic carbocycles. The lowest BCUT2D eigenvalue weighted by Crippen LogP contribution is -2.32. The molecule has 0 saturated carbocycles. The Morgan fingerprint density at radius 3 is 2.35 bits per heavy atom. The van der Waals surface area contributed by atoms with Crippen LogP contribution in [0, 0.1) is 5.82 Å². The van der Waals surface area contributed by atoms with Gasteiger partial charge in [0.05, 0.1) is 24.2 Å². The van der Waals surface area contributed by atoms with Crippen LogP contribution in [0.2, 0.25) is 0 Å². The lowest BCUT2D eigenvalue weighted by Gasteiger charge is -2.20. The Bertz CT molecular complexity index is 1030. The molecule has 0 radical (unpaired) electrons. The molecule has 1 N–H and O–H groups in total. The number of methoxy groups -OCH3 is 1. The summed E-state index contributed by atoms with van der Waals surface area (Å²) < 4.78 is 52.2. The van der Waals surface area contributed by atoms with Gasteiger partial charge in [0, 0.05) is 24.8 Å². The molecule has 0 aliphatic carbocycles. The number of hydrogen-bond acceptors (Lipinski definition) is 5. The van der Waals surface area contributed by atoms with E-state index in [4.69, 9.17) is 9.47 Å². The second-order valence-corrected chi connectivity index (χ2v) is 9.15. The van der Waals surface area contributed by atoms with E-state index in [0.717, 1.165) is 31.7 Å². The Kier molecular flexibility index (Phi) is 7.50. The topological polar surface area (TPSA) is 84.9 Å². The van der Waals surface area contributed by atoms with Crippen molar-refractivity contribution < 1.29 is 27.1 Å². The maximum Gasteiger partial charge on any atom is 0.259 e. The molecule has 1 aliphatic heterocycles. The zero-order valence-electron chi connectivity index (χ0n) is 17.7. The third-order valence-corrected chi connectivity index (χ3v) is 7.00. The first-order valence-corrected chi connectivity index (χ1v) is 11.7. The molecule has 7 nitrogen and oxygen atoms in total. The Balaban J connectivity index is 1.88. The highest BCUT2D eigenvalue weighted by molar-refractivity contribution is 7.89. The van der Waals surface area contributed by atoms with Crippen molar-refractivity contribution in [2.75, 3.05) is 32.1 Å². The zero-order chi connectivity index (χ0) is 22.4. The monoisotopic (exact) mass is 450 g/mol. The number of carbonyl (C=O) groups is 1. The van der Waals surface area contributed by atoms with Crippen molar-refractivity contribution in [2.45, 2.75) is 37.5 Å². The van der Waals surface area contributed by atoms with Crippen molar-refractivity contribution in [3.63, 3.8) is 0 Å². The van der Waals surface area contributed by atoms with Crippen molar-refractivity contribution >= 4 is 21.6 Å². The van der Waals surface area contributed by atoms with Crippen LogP contribution in [0.25, 0.3) is 0 Å². The fraction of sp³-hybridized carbons (Fsp3) is 0.409. The highest BCUT2D eigenvalue weighted by Gasteiger charge is 2.27. The minimum atomic E-state index is -3.74. The van der Waals surface area contributed by atoms with Gasteiger partial charge in [0.2, 0.25) is 10.0 Å². The molecule has 1 heterocycles. The van der Waals surface area contributed by atoms with Crippen LogP contribution in [-0.4, -0.2) is 45.4 Å². The van der Waals surface area contributed by atoms with Gasteiger partial charge in [0.1, 0.15) is 5.75 Å². The summed E-state index contributed by atoms with van der Waals surface area (Å²) in [5.41, 5.74) is 0.265. The molecule has 1 amide bonds. The normalized spacial score (nSPS) is 15.2. The number of halogens is 1. The fourth-order valence-corrected chi connectivity index (χ4v) is 5.05.